The largest absolute Gasteiger partial charge is 0.377 e. The molecule has 1 heterocycles. The predicted molar refractivity (Wildman–Crippen MR) is 68.6 cm³/mol. The molecule has 1 aliphatic heterocycles. The van der Waals surface area contributed by atoms with E-state index in [1.807, 2.05) is 18.7 Å². The van der Waals surface area contributed by atoms with Crippen molar-refractivity contribution in [3.05, 3.63) is 0 Å². The van der Waals surface area contributed by atoms with E-state index in [0.717, 1.165) is 6.42 Å². The number of nitrogens with zero attached hydrogens (tertiary/aromatic N) is 1. The van der Waals surface area contributed by atoms with E-state index < -0.39 is 0 Å². The van der Waals surface area contributed by atoms with Crippen LogP contribution in [0.2, 0.25) is 0 Å². The highest BCUT2D eigenvalue weighted by Crippen LogP contribution is 2.22. The first kappa shape index (κ1) is 14.5. The molecule has 1 saturated heterocycles. The Morgan fingerprint density at radius 3 is 2.47 bits per heavy atom. The van der Waals surface area contributed by atoms with E-state index in [-0.39, 0.29) is 23.7 Å². The number of methoxy groups -OCH3 is 1. The molecule has 0 aliphatic carbocycles. The van der Waals surface area contributed by atoms with Crippen LogP contribution >= 0.6 is 0 Å². The summed E-state index contributed by atoms with van der Waals surface area (Å²) in [5.41, 5.74) is -0.295. The first-order valence-electron chi connectivity index (χ1n) is 6.44. The molecule has 1 amide bonds. The first-order valence-corrected chi connectivity index (χ1v) is 6.44. The normalized spacial score (nSPS) is 26.1. The molecule has 1 rings (SSSR count). The van der Waals surface area contributed by atoms with Crippen molar-refractivity contribution < 1.29 is 9.53 Å². The second-order valence-corrected chi connectivity index (χ2v) is 5.74. The lowest BCUT2D eigenvalue weighted by Gasteiger charge is -2.32. The maximum atomic E-state index is 12.3. The van der Waals surface area contributed by atoms with Gasteiger partial charge in [-0.15, -0.1) is 0 Å². The summed E-state index contributed by atoms with van der Waals surface area (Å²) in [6.45, 7) is 10.9. The van der Waals surface area contributed by atoms with Gasteiger partial charge in [0.1, 0.15) is 0 Å². The molecule has 0 bridgehead atoms. The molecule has 4 heteroatoms. The van der Waals surface area contributed by atoms with E-state index in [2.05, 4.69) is 26.1 Å². The van der Waals surface area contributed by atoms with Crippen molar-refractivity contribution >= 4 is 5.91 Å². The van der Waals surface area contributed by atoms with Gasteiger partial charge in [-0.2, -0.15) is 0 Å². The minimum Gasteiger partial charge on any atom is -0.377 e. The van der Waals surface area contributed by atoms with Gasteiger partial charge in [0.15, 0.2) is 0 Å². The van der Waals surface area contributed by atoms with Gasteiger partial charge in [-0.25, -0.2) is 0 Å². The van der Waals surface area contributed by atoms with Crippen LogP contribution in [0.25, 0.3) is 0 Å². The summed E-state index contributed by atoms with van der Waals surface area (Å²) in [6, 6.07) is -0.0485. The topological polar surface area (TPSA) is 41.6 Å². The number of carbonyl (C=O) groups excluding carboxylic acids is 1. The summed E-state index contributed by atoms with van der Waals surface area (Å²) in [5, 5.41) is 3.41. The number of hydrogen-bond donors (Lipinski definition) is 1. The van der Waals surface area contributed by atoms with Crippen molar-refractivity contribution in [1.82, 2.24) is 10.2 Å². The van der Waals surface area contributed by atoms with E-state index in [1.165, 1.54) is 0 Å². The van der Waals surface area contributed by atoms with Crippen LogP contribution in [0.5, 0.6) is 0 Å². The third-order valence-electron chi connectivity index (χ3n) is 3.45. The molecule has 1 aliphatic rings. The Hall–Kier alpha value is -0.610. The lowest BCUT2D eigenvalue weighted by molar-refractivity contribution is -0.134. The molecule has 17 heavy (non-hydrogen) atoms. The highest BCUT2D eigenvalue weighted by atomic mass is 16.5. The SMILES string of the molecule is CCC1NC(C(C)C)C(=O)N1CC(C)(C)OC. The van der Waals surface area contributed by atoms with Crippen molar-refractivity contribution in [3.63, 3.8) is 0 Å². The summed E-state index contributed by atoms with van der Waals surface area (Å²) < 4.78 is 5.41. The second-order valence-electron chi connectivity index (χ2n) is 5.74. The number of nitrogens with one attached hydrogen (secondary N) is 1. The Morgan fingerprint density at radius 2 is 2.06 bits per heavy atom. The molecule has 0 aromatic carbocycles. The van der Waals surface area contributed by atoms with Gasteiger partial charge < -0.3 is 9.64 Å². The van der Waals surface area contributed by atoms with Crippen LogP contribution in [0.1, 0.15) is 41.0 Å². The summed E-state index contributed by atoms with van der Waals surface area (Å²) in [7, 11) is 1.69. The van der Waals surface area contributed by atoms with Gasteiger partial charge in [-0.1, -0.05) is 20.8 Å². The summed E-state index contributed by atoms with van der Waals surface area (Å²) in [4.78, 5) is 14.2. The van der Waals surface area contributed by atoms with Crippen LogP contribution in [0.15, 0.2) is 0 Å². The summed E-state index contributed by atoms with van der Waals surface area (Å²) in [6.07, 6.45) is 1.07. The van der Waals surface area contributed by atoms with Gasteiger partial charge in [0.25, 0.3) is 0 Å². The molecule has 0 aromatic rings. The second kappa shape index (κ2) is 5.36. The van der Waals surface area contributed by atoms with E-state index in [4.69, 9.17) is 4.74 Å². The summed E-state index contributed by atoms with van der Waals surface area (Å²) >= 11 is 0. The van der Waals surface area contributed by atoms with Gasteiger partial charge in [0, 0.05) is 7.11 Å². The molecular weight excluding hydrogens is 216 g/mol. The van der Waals surface area contributed by atoms with E-state index in [0.29, 0.717) is 12.5 Å². The molecule has 1 fully saturated rings. The van der Waals surface area contributed by atoms with Crippen LogP contribution < -0.4 is 5.32 Å². The summed E-state index contributed by atoms with van der Waals surface area (Å²) in [5.74, 6) is 0.532. The van der Waals surface area contributed by atoms with Gasteiger partial charge in [-0.3, -0.25) is 10.1 Å². The highest BCUT2D eigenvalue weighted by molar-refractivity contribution is 5.84. The highest BCUT2D eigenvalue weighted by Gasteiger charge is 2.41. The number of amides is 1. The number of rotatable bonds is 5. The fourth-order valence-electron chi connectivity index (χ4n) is 2.18. The number of hydrogen-bond acceptors (Lipinski definition) is 3. The maximum absolute atomic E-state index is 12.3. The van der Waals surface area contributed by atoms with E-state index in [9.17, 15) is 4.79 Å². The molecule has 0 aromatic heterocycles. The van der Waals surface area contributed by atoms with Crippen LogP contribution in [-0.2, 0) is 9.53 Å². The molecule has 0 saturated carbocycles. The Kier molecular flexibility index (Phi) is 4.55. The Balaban J connectivity index is 2.79. The third-order valence-corrected chi connectivity index (χ3v) is 3.45. The minimum absolute atomic E-state index is 0.0485. The predicted octanol–water partition coefficient (Wildman–Crippen LogP) is 1.60. The van der Waals surface area contributed by atoms with Crippen LogP contribution in [0, 0.1) is 5.92 Å². The van der Waals surface area contributed by atoms with Crippen molar-refractivity contribution in [2.75, 3.05) is 13.7 Å². The lowest BCUT2D eigenvalue weighted by atomic mass is 10.0. The van der Waals surface area contributed by atoms with Gasteiger partial charge in [0.2, 0.25) is 5.91 Å². The standard InChI is InChI=1S/C13H26N2O2/c1-7-10-14-11(9(2)3)12(16)15(10)8-13(4,5)17-6/h9-11,14H,7-8H2,1-6H3. The zero-order valence-electron chi connectivity index (χ0n) is 11.9. The maximum Gasteiger partial charge on any atom is 0.241 e. The molecule has 2 unspecified atom stereocenters. The number of ether oxygens (including phenoxy) is 1. The van der Waals surface area contributed by atoms with Gasteiger partial charge in [-0.05, 0) is 26.2 Å². The van der Waals surface area contributed by atoms with Crippen molar-refractivity contribution in [2.24, 2.45) is 5.92 Å². The van der Waals surface area contributed by atoms with Crippen LogP contribution in [-0.4, -0.2) is 42.3 Å². The molecule has 0 spiro atoms. The van der Waals surface area contributed by atoms with Crippen molar-refractivity contribution in [3.8, 4) is 0 Å². The molecular formula is C13H26N2O2. The first-order chi connectivity index (χ1) is 7.82. The molecule has 1 N–H and O–H groups in total. The zero-order valence-corrected chi connectivity index (χ0v) is 11.9. The Labute approximate surface area is 105 Å². The van der Waals surface area contributed by atoms with Gasteiger partial charge >= 0.3 is 0 Å². The average molecular weight is 242 g/mol. The smallest absolute Gasteiger partial charge is 0.241 e. The minimum atomic E-state index is -0.295. The monoisotopic (exact) mass is 242 g/mol. The number of carbonyl (C=O) groups is 1. The van der Waals surface area contributed by atoms with E-state index in [1.54, 1.807) is 7.11 Å². The van der Waals surface area contributed by atoms with Crippen LogP contribution in [0.3, 0.4) is 0 Å². The molecule has 4 nitrogen and oxygen atoms in total. The van der Waals surface area contributed by atoms with Crippen LogP contribution in [0.4, 0.5) is 0 Å². The van der Waals surface area contributed by atoms with E-state index >= 15 is 0 Å². The Bertz CT molecular complexity index is 277. The van der Waals surface area contributed by atoms with Gasteiger partial charge in [0.05, 0.1) is 24.4 Å². The average Bonchev–Trinajstić information content (AvgIpc) is 2.56. The zero-order chi connectivity index (χ0) is 13.2. The third kappa shape index (κ3) is 3.19. The van der Waals surface area contributed by atoms with Crippen molar-refractivity contribution in [1.29, 1.82) is 0 Å². The van der Waals surface area contributed by atoms with Crippen molar-refractivity contribution in [2.45, 2.75) is 58.8 Å². The molecule has 2 atom stereocenters. The quantitative estimate of drug-likeness (QED) is 0.796. The Morgan fingerprint density at radius 1 is 1.47 bits per heavy atom. The lowest BCUT2D eigenvalue weighted by Crippen LogP contribution is -2.46. The fraction of sp³-hybridized carbons (Fsp3) is 0.923. The molecule has 100 valence electrons. The fourth-order valence-corrected chi connectivity index (χ4v) is 2.18. The molecule has 0 radical (unpaired) electrons.